The van der Waals surface area contributed by atoms with Gasteiger partial charge in [0.15, 0.2) is 0 Å². The van der Waals surface area contributed by atoms with Crippen molar-refractivity contribution in [3.05, 3.63) is 23.9 Å². The number of hydrogen-bond acceptors (Lipinski definition) is 4. The summed E-state index contributed by atoms with van der Waals surface area (Å²) in [6.45, 7) is 8.81. The second-order valence-electron chi connectivity index (χ2n) is 5.66. The highest BCUT2D eigenvalue weighted by Gasteiger charge is 2.24. The SMILES string of the molecule is CCNC(C)C1CCCN(Cc2cccnc2OC)C1. The van der Waals surface area contributed by atoms with Gasteiger partial charge in [-0.25, -0.2) is 4.98 Å². The van der Waals surface area contributed by atoms with Gasteiger partial charge in [0.25, 0.3) is 0 Å². The Kier molecular flexibility index (Phi) is 5.80. The van der Waals surface area contributed by atoms with Crippen LogP contribution in [-0.2, 0) is 6.54 Å². The molecule has 0 radical (unpaired) electrons. The minimum Gasteiger partial charge on any atom is -0.481 e. The van der Waals surface area contributed by atoms with Crippen molar-refractivity contribution in [2.45, 2.75) is 39.3 Å². The van der Waals surface area contributed by atoms with E-state index in [4.69, 9.17) is 4.74 Å². The number of nitrogens with zero attached hydrogens (tertiary/aromatic N) is 2. The fourth-order valence-corrected chi connectivity index (χ4v) is 3.10. The van der Waals surface area contributed by atoms with Crippen molar-refractivity contribution >= 4 is 0 Å². The summed E-state index contributed by atoms with van der Waals surface area (Å²) in [5, 5.41) is 3.56. The van der Waals surface area contributed by atoms with Gasteiger partial charge in [-0.2, -0.15) is 0 Å². The zero-order valence-electron chi connectivity index (χ0n) is 12.9. The van der Waals surface area contributed by atoms with E-state index in [2.05, 4.69) is 35.1 Å². The van der Waals surface area contributed by atoms with Crippen LogP contribution in [0.5, 0.6) is 5.88 Å². The van der Waals surface area contributed by atoms with Gasteiger partial charge >= 0.3 is 0 Å². The highest BCUT2D eigenvalue weighted by molar-refractivity contribution is 5.25. The van der Waals surface area contributed by atoms with Crippen molar-refractivity contribution in [1.82, 2.24) is 15.2 Å². The van der Waals surface area contributed by atoms with Crippen LogP contribution in [-0.4, -0.2) is 42.7 Å². The predicted molar refractivity (Wildman–Crippen MR) is 81.9 cm³/mol. The Bertz CT molecular complexity index is 410. The summed E-state index contributed by atoms with van der Waals surface area (Å²) < 4.78 is 5.35. The number of piperidine rings is 1. The average Bonchev–Trinajstić information content (AvgIpc) is 2.48. The third-order valence-electron chi connectivity index (χ3n) is 4.21. The molecule has 1 N–H and O–H groups in total. The van der Waals surface area contributed by atoms with Crippen LogP contribution in [0.4, 0.5) is 0 Å². The van der Waals surface area contributed by atoms with Gasteiger partial charge in [0.2, 0.25) is 5.88 Å². The van der Waals surface area contributed by atoms with Crippen molar-refractivity contribution in [3.63, 3.8) is 0 Å². The van der Waals surface area contributed by atoms with E-state index in [0.29, 0.717) is 6.04 Å². The van der Waals surface area contributed by atoms with Crippen molar-refractivity contribution in [2.75, 3.05) is 26.7 Å². The lowest BCUT2D eigenvalue weighted by atomic mass is 9.91. The number of nitrogens with one attached hydrogen (secondary N) is 1. The van der Waals surface area contributed by atoms with Crippen LogP contribution in [0.1, 0.15) is 32.3 Å². The smallest absolute Gasteiger partial charge is 0.217 e. The van der Waals surface area contributed by atoms with Gasteiger partial charge < -0.3 is 10.1 Å². The first-order valence-electron chi connectivity index (χ1n) is 7.68. The zero-order valence-corrected chi connectivity index (χ0v) is 12.9. The molecular formula is C16H27N3O. The van der Waals surface area contributed by atoms with Crippen molar-refractivity contribution < 1.29 is 4.74 Å². The number of likely N-dealkylation sites (tertiary alicyclic amines) is 1. The molecule has 4 heteroatoms. The lowest BCUT2D eigenvalue weighted by Crippen LogP contribution is -2.44. The average molecular weight is 277 g/mol. The first-order valence-corrected chi connectivity index (χ1v) is 7.68. The molecule has 2 rings (SSSR count). The third-order valence-corrected chi connectivity index (χ3v) is 4.21. The van der Waals surface area contributed by atoms with Gasteiger partial charge in [0, 0.05) is 30.9 Å². The van der Waals surface area contributed by atoms with E-state index in [9.17, 15) is 0 Å². The molecule has 1 fully saturated rings. The molecule has 112 valence electrons. The molecule has 0 amide bonds. The Morgan fingerprint density at radius 1 is 1.55 bits per heavy atom. The predicted octanol–water partition coefficient (Wildman–Crippen LogP) is 2.30. The zero-order chi connectivity index (χ0) is 14.4. The molecule has 4 nitrogen and oxygen atoms in total. The van der Waals surface area contributed by atoms with Gasteiger partial charge in [-0.15, -0.1) is 0 Å². The molecule has 20 heavy (non-hydrogen) atoms. The second-order valence-corrected chi connectivity index (χ2v) is 5.66. The normalized spacial score (nSPS) is 21.6. The Balaban J connectivity index is 1.95. The molecule has 0 aliphatic carbocycles. The summed E-state index contributed by atoms with van der Waals surface area (Å²) in [5.74, 6) is 1.50. The molecule has 1 saturated heterocycles. The Labute approximate surface area is 122 Å². The number of hydrogen-bond donors (Lipinski definition) is 1. The number of ether oxygens (including phenoxy) is 1. The fraction of sp³-hybridized carbons (Fsp3) is 0.688. The first kappa shape index (κ1) is 15.3. The molecule has 0 aromatic carbocycles. The van der Waals surface area contributed by atoms with Crippen LogP contribution in [0.15, 0.2) is 18.3 Å². The molecule has 1 aliphatic rings. The highest BCUT2D eigenvalue weighted by Crippen LogP contribution is 2.23. The van der Waals surface area contributed by atoms with E-state index in [1.54, 1.807) is 13.3 Å². The maximum Gasteiger partial charge on any atom is 0.217 e. The molecule has 1 aromatic heterocycles. The molecule has 2 atom stereocenters. The lowest BCUT2D eigenvalue weighted by Gasteiger charge is -2.36. The van der Waals surface area contributed by atoms with Crippen LogP contribution >= 0.6 is 0 Å². The molecule has 2 unspecified atom stereocenters. The third kappa shape index (κ3) is 3.93. The van der Waals surface area contributed by atoms with E-state index >= 15 is 0 Å². The summed E-state index contributed by atoms with van der Waals surface area (Å²) in [4.78, 5) is 6.81. The van der Waals surface area contributed by atoms with E-state index in [1.165, 1.54) is 24.9 Å². The number of methoxy groups -OCH3 is 1. The van der Waals surface area contributed by atoms with Crippen LogP contribution in [0.25, 0.3) is 0 Å². The standard InChI is InChI=1S/C16H27N3O/c1-4-17-13(2)14-8-6-10-19(11-14)12-15-7-5-9-18-16(15)20-3/h5,7,9,13-14,17H,4,6,8,10-12H2,1-3H3. The monoisotopic (exact) mass is 277 g/mol. The molecule has 1 aromatic rings. The van der Waals surface area contributed by atoms with E-state index < -0.39 is 0 Å². The van der Waals surface area contributed by atoms with Gasteiger partial charge in [-0.3, -0.25) is 4.90 Å². The van der Waals surface area contributed by atoms with Crippen LogP contribution in [0.3, 0.4) is 0 Å². The van der Waals surface area contributed by atoms with Gasteiger partial charge in [0.05, 0.1) is 7.11 Å². The van der Waals surface area contributed by atoms with Crippen LogP contribution in [0.2, 0.25) is 0 Å². The minimum absolute atomic E-state index is 0.596. The highest BCUT2D eigenvalue weighted by atomic mass is 16.5. The van der Waals surface area contributed by atoms with Crippen molar-refractivity contribution in [3.8, 4) is 5.88 Å². The molecule has 0 saturated carbocycles. The molecule has 0 bridgehead atoms. The van der Waals surface area contributed by atoms with E-state index in [1.807, 2.05) is 6.07 Å². The van der Waals surface area contributed by atoms with Crippen molar-refractivity contribution in [2.24, 2.45) is 5.92 Å². The summed E-state index contributed by atoms with van der Waals surface area (Å²) >= 11 is 0. The lowest BCUT2D eigenvalue weighted by molar-refractivity contribution is 0.144. The summed E-state index contributed by atoms with van der Waals surface area (Å²) in [6, 6.07) is 4.70. The Morgan fingerprint density at radius 3 is 3.15 bits per heavy atom. The topological polar surface area (TPSA) is 37.4 Å². The second kappa shape index (κ2) is 7.60. The summed E-state index contributed by atoms with van der Waals surface area (Å²) in [6.07, 6.45) is 4.40. The number of pyridine rings is 1. The molecule has 2 heterocycles. The summed E-state index contributed by atoms with van der Waals surface area (Å²) in [5.41, 5.74) is 1.19. The minimum atomic E-state index is 0.596. The fourth-order valence-electron chi connectivity index (χ4n) is 3.10. The quantitative estimate of drug-likeness (QED) is 0.866. The first-order chi connectivity index (χ1) is 9.74. The van der Waals surface area contributed by atoms with Crippen LogP contribution < -0.4 is 10.1 Å². The molecular weight excluding hydrogens is 250 g/mol. The Hall–Kier alpha value is -1.13. The maximum absolute atomic E-state index is 5.35. The maximum atomic E-state index is 5.35. The van der Waals surface area contributed by atoms with Crippen LogP contribution in [0, 0.1) is 5.92 Å². The van der Waals surface area contributed by atoms with E-state index in [-0.39, 0.29) is 0 Å². The molecule has 1 aliphatic heterocycles. The van der Waals surface area contributed by atoms with Gasteiger partial charge in [0.1, 0.15) is 0 Å². The number of aromatic nitrogens is 1. The van der Waals surface area contributed by atoms with Crippen molar-refractivity contribution in [1.29, 1.82) is 0 Å². The molecule has 0 spiro atoms. The number of rotatable bonds is 6. The van der Waals surface area contributed by atoms with Gasteiger partial charge in [-0.1, -0.05) is 13.0 Å². The Morgan fingerprint density at radius 2 is 2.40 bits per heavy atom. The van der Waals surface area contributed by atoms with Gasteiger partial charge in [-0.05, 0) is 44.8 Å². The summed E-state index contributed by atoms with van der Waals surface area (Å²) in [7, 11) is 1.69. The largest absolute Gasteiger partial charge is 0.481 e. The van der Waals surface area contributed by atoms with E-state index in [0.717, 1.165) is 31.4 Å².